The van der Waals surface area contributed by atoms with Crippen LogP contribution in [0.4, 0.5) is 0 Å². The van der Waals surface area contributed by atoms with Crippen molar-refractivity contribution < 1.29 is 28.4 Å². The fourth-order valence-electron chi connectivity index (χ4n) is 12.1. The second-order valence-electron chi connectivity index (χ2n) is 19.9. The van der Waals surface area contributed by atoms with Crippen LogP contribution in [0.15, 0.2) is 214 Å². The van der Waals surface area contributed by atoms with Gasteiger partial charge >= 0.3 is 11.4 Å². The van der Waals surface area contributed by atoms with Crippen LogP contribution in [-0.2, 0) is 30.1 Å². The fraction of sp³-hybridized carbons (Fsp3) is 0.279. The molecule has 2 aromatic heterocycles. The standard InChI is InChI=1S/C61H58N6O10/c1-72-46-28-24-44(25-29-46)60(40-16-7-3-8-17-40,41-18-9-4-10-19-41)74-38-48-52-54(56(76-48)66-36-32-50(68)62-58(66)70)64(52)34-15-35-65-53-49(77-57(55(53)65)67-37-33-51(69)63-59(67)71)39-75-61(42-20-11-5-12-21-42,43-22-13-6-14-23-43)45-26-30-47(73-2)31-27-45/h3-14,16-33,36-37,48-49,52-57H,15,34-35,38-39H2,1-2H3,(H,62,68,70)(H,63,69,71)/t48-,49-,52-,53-,54-,55-,56-,57-,64?,65?/m1/s1. The number of fused-ring (bicyclic) bond motifs is 2. The van der Waals surface area contributed by atoms with Gasteiger partial charge in [0.05, 0.1) is 51.6 Å². The number of nitrogens with zero attached hydrogens (tertiary/aromatic N) is 4. The number of aromatic amines is 2. The molecule has 0 spiro atoms. The summed E-state index contributed by atoms with van der Waals surface area (Å²) in [5, 5.41) is 0. The van der Waals surface area contributed by atoms with E-state index < -0.39 is 58.4 Å². The van der Waals surface area contributed by atoms with Crippen LogP contribution >= 0.6 is 0 Å². The van der Waals surface area contributed by atoms with Crippen molar-refractivity contribution in [2.24, 2.45) is 0 Å². The monoisotopic (exact) mass is 1030 g/mol. The lowest BCUT2D eigenvalue weighted by atomic mass is 9.80. The van der Waals surface area contributed by atoms with E-state index in [1.165, 1.54) is 33.7 Å². The van der Waals surface area contributed by atoms with E-state index in [1.807, 2.05) is 121 Å². The third-order valence-electron chi connectivity index (χ3n) is 15.8. The molecule has 6 aromatic carbocycles. The highest BCUT2D eigenvalue weighted by Crippen LogP contribution is 2.52. The van der Waals surface area contributed by atoms with Crippen LogP contribution < -0.4 is 32.0 Å². The Morgan fingerprint density at radius 3 is 1.06 bits per heavy atom. The molecule has 0 saturated carbocycles. The molecule has 77 heavy (non-hydrogen) atoms. The minimum Gasteiger partial charge on any atom is -0.497 e. The lowest BCUT2D eigenvalue weighted by Gasteiger charge is -2.37. The summed E-state index contributed by atoms with van der Waals surface area (Å²) in [7, 11) is 3.28. The number of rotatable bonds is 20. The van der Waals surface area contributed by atoms with Gasteiger partial charge in [-0.05, 0) is 64.1 Å². The SMILES string of the molecule is COc1ccc(C(OC[C@H]2O[C@@H](n3ccc(=O)[nH]c3=O)[C@H]3[C@@H]2N3CCCN2[C@@H]3[C@H]2[C@@H](COC(c2ccccc2)(c2ccccc2)c2ccc(OC)cc2)O[C@H]3n2ccc(=O)[nH]c2=O)(c2ccccc2)c2ccccc2)cc1. The van der Waals surface area contributed by atoms with Crippen molar-refractivity contribution in [2.75, 3.05) is 40.5 Å². The maximum absolute atomic E-state index is 13.4. The zero-order valence-electron chi connectivity index (χ0n) is 42.5. The quantitative estimate of drug-likeness (QED) is 0.0636. The maximum atomic E-state index is 13.4. The van der Waals surface area contributed by atoms with Crippen LogP contribution in [-0.4, -0.2) is 106 Å². The molecule has 0 aliphatic carbocycles. The maximum Gasteiger partial charge on any atom is 0.330 e. The number of nitrogens with one attached hydrogen (secondary N) is 2. The van der Waals surface area contributed by atoms with Crippen molar-refractivity contribution in [1.29, 1.82) is 0 Å². The smallest absolute Gasteiger partial charge is 0.330 e. The molecule has 16 heteroatoms. The summed E-state index contributed by atoms with van der Waals surface area (Å²) in [6, 6.07) is 58.3. The molecule has 0 radical (unpaired) electrons. The van der Waals surface area contributed by atoms with E-state index in [0.717, 1.165) is 51.3 Å². The van der Waals surface area contributed by atoms with Crippen molar-refractivity contribution in [3.05, 3.63) is 269 Å². The summed E-state index contributed by atoms with van der Waals surface area (Å²) in [5.74, 6) is 1.43. The number of hydrogen-bond donors (Lipinski definition) is 2. The summed E-state index contributed by atoms with van der Waals surface area (Å²) in [6.45, 7) is 1.62. The number of ether oxygens (including phenoxy) is 6. The van der Waals surface area contributed by atoms with Gasteiger partial charge in [-0.1, -0.05) is 146 Å². The minimum absolute atomic E-state index is 0.119. The average Bonchev–Trinajstić information content (AvgIpc) is 4.46. The highest BCUT2D eigenvalue weighted by molar-refractivity contribution is 5.50. The average molecular weight is 1040 g/mol. The van der Waals surface area contributed by atoms with Crippen LogP contribution in [0.2, 0.25) is 0 Å². The van der Waals surface area contributed by atoms with Gasteiger partial charge in [0, 0.05) is 37.6 Å². The van der Waals surface area contributed by atoms with Crippen LogP contribution in [0.25, 0.3) is 0 Å². The first-order valence-corrected chi connectivity index (χ1v) is 26.0. The number of aromatic nitrogens is 4. The van der Waals surface area contributed by atoms with E-state index in [0.29, 0.717) is 13.1 Å². The van der Waals surface area contributed by atoms with Gasteiger partial charge in [-0.2, -0.15) is 0 Å². The van der Waals surface area contributed by atoms with Gasteiger partial charge in [-0.3, -0.25) is 38.5 Å². The molecule has 12 rings (SSSR count). The van der Waals surface area contributed by atoms with E-state index in [4.69, 9.17) is 28.4 Å². The molecule has 2 unspecified atom stereocenters. The van der Waals surface area contributed by atoms with Crippen LogP contribution in [0, 0.1) is 0 Å². The molecular formula is C61H58N6O10. The molecule has 16 nitrogen and oxygen atoms in total. The van der Waals surface area contributed by atoms with Crippen molar-refractivity contribution in [3.63, 3.8) is 0 Å². The Morgan fingerprint density at radius 2 is 0.753 bits per heavy atom. The van der Waals surface area contributed by atoms with Gasteiger partial charge in [-0.15, -0.1) is 0 Å². The van der Waals surface area contributed by atoms with E-state index in [1.54, 1.807) is 14.2 Å². The number of H-pyrrole nitrogens is 2. The lowest BCUT2D eigenvalue weighted by molar-refractivity contribution is -0.104. The van der Waals surface area contributed by atoms with Crippen molar-refractivity contribution in [1.82, 2.24) is 28.9 Å². The summed E-state index contributed by atoms with van der Waals surface area (Å²) < 4.78 is 42.3. The van der Waals surface area contributed by atoms with Crippen LogP contribution in [0.5, 0.6) is 11.5 Å². The summed E-state index contributed by atoms with van der Waals surface area (Å²) in [6.07, 6.45) is 1.37. The zero-order valence-corrected chi connectivity index (χ0v) is 42.5. The lowest BCUT2D eigenvalue weighted by Crippen LogP contribution is -2.40. The van der Waals surface area contributed by atoms with Gasteiger partial charge in [0.25, 0.3) is 11.1 Å². The molecule has 10 atom stereocenters. The number of benzene rings is 6. The molecule has 8 aromatic rings. The van der Waals surface area contributed by atoms with E-state index in [-0.39, 0.29) is 37.4 Å². The third kappa shape index (κ3) is 9.15. The molecule has 2 N–H and O–H groups in total. The summed E-state index contributed by atoms with van der Waals surface area (Å²) in [5.41, 5.74) is 1.31. The molecule has 0 bridgehead atoms. The Balaban J connectivity index is 0.823. The first kappa shape index (κ1) is 49.9. The Hall–Kier alpha value is -7.96. The molecular weight excluding hydrogens is 977 g/mol. The zero-order chi connectivity index (χ0) is 52.7. The Morgan fingerprint density at radius 1 is 0.429 bits per heavy atom. The fourth-order valence-corrected chi connectivity index (χ4v) is 12.1. The van der Waals surface area contributed by atoms with E-state index >= 15 is 0 Å². The minimum atomic E-state index is -1.06. The molecule has 6 heterocycles. The largest absolute Gasteiger partial charge is 0.497 e. The first-order chi connectivity index (χ1) is 37.7. The first-order valence-electron chi connectivity index (χ1n) is 26.0. The summed E-state index contributed by atoms with van der Waals surface area (Å²) >= 11 is 0. The normalized spacial score (nSPS) is 24.2. The van der Waals surface area contributed by atoms with Gasteiger partial charge in [0.15, 0.2) is 12.5 Å². The molecule has 4 fully saturated rings. The number of hydrogen-bond acceptors (Lipinski definition) is 12. The van der Waals surface area contributed by atoms with Crippen molar-refractivity contribution >= 4 is 0 Å². The Bertz CT molecular complexity index is 3240. The molecule has 392 valence electrons. The molecule has 0 amide bonds. The third-order valence-corrected chi connectivity index (χ3v) is 15.8. The predicted octanol–water partition coefficient (Wildman–Crippen LogP) is 6.41. The van der Waals surface area contributed by atoms with E-state index in [2.05, 4.69) is 68.3 Å². The van der Waals surface area contributed by atoms with E-state index in [9.17, 15) is 19.2 Å². The van der Waals surface area contributed by atoms with Gasteiger partial charge in [-0.25, -0.2) is 9.59 Å². The van der Waals surface area contributed by atoms with Gasteiger partial charge < -0.3 is 28.4 Å². The number of morpholine rings is 2. The summed E-state index contributed by atoms with van der Waals surface area (Å²) in [4.78, 5) is 61.0. The van der Waals surface area contributed by atoms with Crippen LogP contribution in [0.1, 0.15) is 52.3 Å². The second-order valence-corrected chi connectivity index (χ2v) is 19.9. The van der Waals surface area contributed by atoms with Crippen molar-refractivity contribution in [3.8, 4) is 11.5 Å². The molecule has 4 aliphatic rings. The predicted molar refractivity (Wildman–Crippen MR) is 287 cm³/mol. The number of methoxy groups -OCH3 is 2. The van der Waals surface area contributed by atoms with Crippen molar-refractivity contribution in [2.45, 2.75) is 66.5 Å². The van der Waals surface area contributed by atoms with Crippen LogP contribution in [0.3, 0.4) is 0 Å². The van der Waals surface area contributed by atoms with Gasteiger partial charge in [0.1, 0.15) is 34.9 Å². The van der Waals surface area contributed by atoms with Gasteiger partial charge in [0.2, 0.25) is 0 Å². The topological polar surface area (TPSA) is 171 Å². The highest BCUT2D eigenvalue weighted by atomic mass is 16.6. The second kappa shape index (κ2) is 20.9. The Labute approximate surface area is 443 Å². The Kier molecular flexibility index (Phi) is 13.5. The molecule has 4 aliphatic heterocycles. The highest BCUT2D eigenvalue weighted by Gasteiger charge is 2.66. The molecule has 4 saturated heterocycles.